The third kappa shape index (κ3) is 9.96. The van der Waals surface area contributed by atoms with Gasteiger partial charge in [0.15, 0.2) is 11.6 Å². The molecular weight excluding hydrogens is 628 g/mol. The summed E-state index contributed by atoms with van der Waals surface area (Å²) in [5.74, 6) is -2.21. The molecule has 3 amide bonds. The van der Waals surface area contributed by atoms with Gasteiger partial charge < -0.3 is 10.6 Å². The maximum absolute atomic E-state index is 13.8. The molecule has 50 heavy (non-hydrogen) atoms. The van der Waals surface area contributed by atoms with E-state index < -0.39 is 11.8 Å². The monoisotopic (exact) mass is 680 g/mol. The number of imide groups is 1. The molecule has 266 valence electrons. The SMILES string of the molecule is CCc1ccncc1-c1ccc(CCC(=O)NCCCCCCNc2cccc(C(C)=O)c2C(=O)C(C)C(C)C2CCC(=O)NC2=O)cc1C. The van der Waals surface area contributed by atoms with Crippen LogP contribution in [0.5, 0.6) is 0 Å². The summed E-state index contributed by atoms with van der Waals surface area (Å²) < 4.78 is 0. The number of pyridine rings is 1. The van der Waals surface area contributed by atoms with Crippen LogP contribution >= 0.6 is 0 Å². The summed E-state index contributed by atoms with van der Waals surface area (Å²) in [5, 5.41) is 8.81. The van der Waals surface area contributed by atoms with Crippen molar-refractivity contribution in [2.24, 2.45) is 17.8 Å². The number of amides is 3. The van der Waals surface area contributed by atoms with Gasteiger partial charge in [-0.1, -0.05) is 63.9 Å². The van der Waals surface area contributed by atoms with E-state index in [0.29, 0.717) is 49.2 Å². The average Bonchev–Trinajstić information content (AvgIpc) is 3.10. The van der Waals surface area contributed by atoms with Crippen LogP contribution in [0, 0.1) is 24.7 Å². The molecule has 2 heterocycles. The van der Waals surface area contributed by atoms with Crippen LogP contribution in [0.2, 0.25) is 0 Å². The highest BCUT2D eigenvalue weighted by molar-refractivity contribution is 6.12. The summed E-state index contributed by atoms with van der Waals surface area (Å²) in [6.07, 6.45) is 10.2. The number of anilines is 1. The van der Waals surface area contributed by atoms with Crippen molar-refractivity contribution >= 4 is 35.0 Å². The summed E-state index contributed by atoms with van der Waals surface area (Å²) in [4.78, 5) is 67.3. The van der Waals surface area contributed by atoms with Gasteiger partial charge in [0.2, 0.25) is 17.7 Å². The highest BCUT2D eigenvalue weighted by atomic mass is 16.2. The zero-order valence-electron chi connectivity index (χ0n) is 30.2. The number of hydrogen-bond donors (Lipinski definition) is 3. The van der Waals surface area contributed by atoms with Gasteiger partial charge in [0, 0.05) is 67.0 Å². The molecule has 0 saturated carbocycles. The molecule has 3 N–H and O–H groups in total. The number of ketones is 2. The fourth-order valence-corrected chi connectivity index (χ4v) is 6.84. The predicted molar refractivity (Wildman–Crippen MR) is 197 cm³/mol. The topological polar surface area (TPSA) is 134 Å². The van der Waals surface area contributed by atoms with E-state index >= 15 is 0 Å². The van der Waals surface area contributed by atoms with Crippen LogP contribution in [-0.4, -0.2) is 47.4 Å². The minimum absolute atomic E-state index is 0.0534. The standard InChI is InChI=1S/C41H52N4O5/c1-6-31-20-23-42-25-35(31)32-16-14-30(24-26(32)2)15-18-37(47)44-22-10-8-7-9-21-43-36-13-11-12-34(29(5)46)39(36)40(49)28(4)27(3)33-17-19-38(48)45-41(33)50/h11-14,16,20,23-25,27-28,33,43H,6-10,15,17-19,21-22H2,1-5H3,(H,44,47)(H,45,48,50). The van der Waals surface area contributed by atoms with Gasteiger partial charge in [0.1, 0.15) is 0 Å². The Hall–Kier alpha value is -4.66. The molecular formula is C41H52N4O5. The molecule has 9 nitrogen and oxygen atoms in total. The number of benzene rings is 2. The molecule has 1 fully saturated rings. The first kappa shape index (κ1) is 38.1. The van der Waals surface area contributed by atoms with Crippen molar-refractivity contribution in [3.8, 4) is 11.1 Å². The Morgan fingerprint density at radius 3 is 2.44 bits per heavy atom. The Bertz CT molecular complexity index is 1700. The predicted octanol–water partition coefficient (Wildman–Crippen LogP) is 7.05. The second-order valence-corrected chi connectivity index (χ2v) is 13.6. The largest absolute Gasteiger partial charge is 0.384 e. The van der Waals surface area contributed by atoms with Crippen molar-refractivity contribution < 1.29 is 24.0 Å². The number of aromatic nitrogens is 1. The Labute approximate surface area is 296 Å². The average molecular weight is 681 g/mol. The third-order valence-electron chi connectivity index (χ3n) is 10.1. The van der Waals surface area contributed by atoms with Crippen LogP contribution in [0.3, 0.4) is 0 Å². The molecule has 0 bridgehead atoms. The van der Waals surface area contributed by atoms with Gasteiger partial charge in [0.05, 0.1) is 5.56 Å². The minimum Gasteiger partial charge on any atom is -0.384 e. The van der Waals surface area contributed by atoms with Gasteiger partial charge in [-0.2, -0.15) is 0 Å². The second kappa shape index (κ2) is 18.4. The number of unbranched alkanes of at least 4 members (excludes halogenated alkanes) is 3. The van der Waals surface area contributed by atoms with Crippen molar-refractivity contribution in [3.63, 3.8) is 0 Å². The Balaban J connectivity index is 1.19. The number of carbonyl (C=O) groups is 5. The fraction of sp³-hybridized carbons (Fsp3) is 0.463. The van der Waals surface area contributed by atoms with E-state index in [0.717, 1.165) is 43.2 Å². The third-order valence-corrected chi connectivity index (χ3v) is 10.1. The Morgan fingerprint density at radius 2 is 1.74 bits per heavy atom. The van der Waals surface area contributed by atoms with Crippen molar-refractivity contribution in [1.82, 2.24) is 15.6 Å². The molecule has 3 unspecified atom stereocenters. The van der Waals surface area contributed by atoms with Crippen molar-refractivity contribution in [2.45, 2.75) is 92.4 Å². The van der Waals surface area contributed by atoms with Gasteiger partial charge in [-0.05, 0) is 86.3 Å². The summed E-state index contributed by atoms with van der Waals surface area (Å²) in [6.45, 7) is 10.6. The number of nitrogens with one attached hydrogen (secondary N) is 3. The van der Waals surface area contributed by atoms with Crippen LogP contribution < -0.4 is 16.0 Å². The molecule has 1 saturated heterocycles. The van der Waals surface area contributed by atoms with Crippen LogP contribution in [0.25, 0.3) is 11.1 Å². The number of Topliss-reactive ketones (excluding diaryl/α,β-unsaturated/α-hetero) is 2. The molecule has 4 rings (SSSR count). The first-order valence-electron chi connectivity index (χ1n) is 18.1. The number of hydrogen-bond acceptors (Lipinski definition) is 7. The highest BCUT2D eigenvalue weighted by Gasteiger charge is 2.37. The quantitative estimate of drug-likeness (QED) is 0.0745. The smallest absolute Gasteiger partial charge is 0.229 e. The lowest BCUT2D eigenvalue weighted by molar-refractivity contribution is -0.138. The first-order valence-corrected chi connectivity index (χ1v) is 18.1. The Morgan fingerprint density at radius 1 is 0.980 bits per heavy atom. The van der Waals surface area contributed by atoms with Gasteiger partial charge in [-0.25, -0.2) is 0 Å². The number of nitrogens with zero attached hydrogens (tertiary/aromatic N) is 1. The summed E-state index contributed by atoms with van der Waals surface area (Å²) in [5.41, 5.74) is 7.29. The maximum Gasteiger partial charge on any atom is 0.229 e. The van der Waals surface area contributed by atoms with E-state index in [1.54, 1.807) is 19.1 Å². The normalized spacial score (nSPS) is 15.6. The minimum atomic E-state index is -0.522. The van der Waals surface area contributed by atoms with E-state index in [1.165, 1.54) is 23.6 Å². The van der Waals surface area contributed by atoms with Crippen molar-refractivity contribution in [1.29, 1.82) is 0 Å². The fourth-order valence-electron chi connectivity index (χ4n) is 6.84. The molecule has 9 heteroatoms. The summed E-state index contributed by atoms with van der Waals surface area (Å²) in [7, 11) is 0. The molecule has 1 aromatic heterocycles. The molecule has 2 aromatic carbocycles. The number of piperidine rings is 1. The molecule has 1 aliphatic rings. The van der Waals surface area contributed by atoms with E-state index in [4.69, 9.17) is 0 Å². The molecule has 3 atom stereocenters. The van der Waals surface area contributed by atoms with Crippen LogP contribution in [0.1, 0.15) is 110 Å². The second-order valence-electron chi connectivity index (χ2n) is 13.6. The van der Waals surface area contributed by atoms with Crippen molar-refractivity contribution in [2.75, 3.05) is 18.4 Å². The summed E-state index contributed by atoms with van der Waals surface area (Å²) >= 11 is 0. The zero-order chi connectivity index (χ0) is 36.2. The summed E-state index contributed by atoms with van der Waals surface area (Å²) in [6, 6.07) is 13.7. The van der Waals surface area contributed by atoms with E-state index in [2.05, 4.69) is 59.0 Å². The molecule has 0 radical (unpaired) electrons. The van der Waals surface area contributed by atoms with Gasteiger partial charge in [0.25, 0.3) is 0 Å². The van der Waals surface area contributed by atoms with Crippen molar-refractivity contribution in [3.05, 3.63) is 82.7 Å². The highest BCUT2D eigenvalue weighted by Crippen LogP contribution is 2.33. The first-order chi connectivity index (χ1) is 24.0. The molecule has 3 aromatic rings. The van der Waals surface area contributed by atoms with E-state index in [-0.39, 0.29) is 41.6 Å². The van der Waals surface area contributed by atoms with Gasteiger partial charge >= 0.3 is 0 Å². The lowest BCUT2D eigenvalue weighted by Gasteiger charge is -2.30. The van der Waals surface area contributed by atoms with Crippen LogP contribution in [0.4, 0.5) is 5.69 Å². The van der Waals surface area contributed by atoms with Crippen LogP contribution in [-0.2, 0) is 27.2 Å². The van der Waals surface area contributed by atoms with Crippen LogP contribution in [0.15, 0.2) is 54.9 Å². The van der Waals surface area contributed by atoms with Gasteiger partial charge in [-0.3, -0.25) is 34.3 Å². The lowest BCUT2D eigenvalue weighted by atomic mass is 9.75. The van der Waals surface area contributed by atoms with E-state index in [1.807, 2.05) is 25.4 Å². The number of rotatable bonds is 18. The maximum atomic E-state index is 13.8. The Kier molecular flexibility index (Phi) is 14.0. The number of carbonyl (C=O) groups excluding carboxylic acids is 5. The molecule has 0 spiro atoms. The molecule has 0 aliphatic carbocycles. The zero-order valence-corrected chi connectivity index (χ0v) is 30.2. The van der Waals surface area contributed by atoms with E-state index in [9.17, 15) is 24.0 Å². The van der Waals surface area contributed by atoms with Gasteiger partial charge in [-0.15, -0.1) is 0 Å². The molecule has 1 aliphatic heterocycles. The lowest BCUT2D eigenvalue weighted by Crippen LogP contribution is -2.45. The number of aryl methyl sites for hydroxylation is 3.